The largest absolute Gasteiger partial charge is 0.442 e. The Labute approximate surface area is 310 Å². The van der Waals surface area contributed by atoms with E-state index in [0.717, 1.165) is 28.2 Å². The summed E-state index contributed by atoms with van der Waals surface area (Å²) in [4.78, 5) is 8.89. The molecule has 0 unspecified atom stereocenters. The quantitative estimate of drug-likeness (QED) is 0.0961. The molecule has 3 heterocycles. The van der Waals surface area contributed by atoms with E-state index in [4.69, 9.17) is 16.3 Å². The molecule has 1 aliphatic heterocycles. The number of hydrogen-bond donors (Lipinski definition) is 0. The van der Waals surface area contributed by atoms with E-state index in [1.165, 1.54) is 52.8 Å². The third kappa shape index (κ3) is 6.30. The van der Waals surface area contributed by atoms with Crippen LogP contribution in [0, 0.1) is 0 Å². The van der Waals surface area contributed by atoms with Crippen molar-refractivity contribution in [2.75, 3.05) is 6.00 Å². The van der Waals surface area contributed by atoms with Crippen molar-refractivity contribution in [2.45, 2.75) is 54.9 Å². The highest BCUT2D eigenvalue weighted by Crippen LogP contribution is 2.48. The molecule has 6 heteroatoms. The number of benzene rings is 5. The Morgan fingerprint density at radius 2 is 1.37 bits per heavy atom. The lowest BCUT2D eigenvalue weighted by molar-refractivity contribution is 0.411. The second-order valence-corrected chi connectivity index (χ2v) is 12.2. The average molecular weight is 712 g/mol. The van der Waals surface area contributed by atoms with Crippen molar-refractivity contribution in [2.24, 2.45) is 9.98 Å². The van der Waals surface area contributed by atoms with Gasteiger partial charge in [-0.1, -0.05) is 134 Å². The zero-order valence-electron chi connectivity index (χ0n) is 30.7. The first kappa shape index (κ1) is 37.3. The lowest BCUT2D eigenvalue weighted by Gasteiger charge is -2.12. The van der Waals surface area contributed by atoms with Gasteiger partial charge in [0.05, 0.1) is 27.0 Å². The highest BCUT2D eigenvalue weighted by molar-refractivity contribution is 7.27. The highest BCUT2D eigenvalue weighted by atomic mass is 35.5. The van der Waals surface area contributed by atoms with Crippen LogP contribution in [-0.4, -0.2) is 23.2 Å². The summed E-state index contributed by atoms with van der Waals surface area (Å²) in [6.07, 6.45) is 2.49. The lowest BCUT2D eigenvalue weighted by Crippen LogP contribution is -2.04. The molecule has 2 aromatic heterocycles. The van der Waals surface area contributed by atoms with E-state index >= 15 is 0 Å². The number of ether oxygens (including phenoxy) is 1. The number of aliphatic imine (C=N–C) groups is 2. The van der Waals surface area contributed by atoms with Crippen molar-refractivity contribution < 1.29 is 4.74 Å². The summed E-state index contributed by atoms with van der Waals surface area (Å²) in [6, 6.07) is 34.8. The number of aromatic nitrogens is 1. The summed E-state index contributed by atoms with van der Waals surface area (Å²) < 4.78 is 11.1. The molecule has 4 nitrogen and oxygen atoms in total. The Kier molecular flexibility index (Phi) is 12.3. The van der Waals surface area contributed by atoms with E-state index in [1.54, 1.807) is 6.08 Å². The third-order valence-electron chi connectivity index (χ3n) is 8.68. The van der Waals surface area contributed by atoms with Gasteiger partial charge in [-0.05, 0) is 41.8 Å². The molecule has 0 N–H and O–H groups in total. The number of fused-ring (bicyclic) bond motifs is 10. The van der Waals surface area contributed by atoms with E-state index in [1.807, 2.05) is 59.8 Å². The molecule has 0 bridgehead atoms. The predicted molar refractivity (Wildman–Crippen MR) is 228 cm³/mol. The summed E-state index contributed by atoms with van der Waals surface area (Å²) in [5, 5.41) is 7.67. The average Bonchev–Trinajstić information content (AvgIpc) is 3.88. The normalized spacial score (nSPS) is 14.2. The number of thiophene rings is 1. The van der Waals surface area contributed by atoms with Crippen molar-refractivity contribution in [1.82, 2.24) is 4.57 Å². The van der Waals surface area contributed by atoms with Crippen molar-refractivity contribution in [1.29, 1.82) is 0 Å². The van der Waals surface area contributed by atoms with Crippen molar-refractivity contribution >= 4 is 94.0 Å². The van der Waals surface area contributed by atoms with Crippen molar-refractivity contribution in [3.05, 3.63) is 132 Å². The molecule has 0 atom stereocenters. The van der Waals surface area contributed by atoms with E-state index < -0.39 is 0 Å². The molecule has 5 aromatic carbocycles. The maximum atomic E-state index is 6.08. The van der Waals surface area contributed by atoms with Gasteiger partial charge in [0, 0.05) is 49.5 Å². The van der Waals surface area contributed by atoms with Gasteiger partial charge in [0.2, 0.25) is 5.90 Å². The van der Waals surface area contributed by atoms with Crippen LogP contribution in [0.25, 0.3) is 64.1 Å². The maximum Gasteiger partial charge on any atom is 0.225 e. The van der Waals surface area contributed by atoms with Crippen LogP contribution in [0.2, 0.25) is 0 Å². The highest BCUT2D eigenvalue weighted by Gasteiger charge is 2.29. The molecule has 0 saturated carbocycles. The van der Waals surface area contributed by atoms with Gasteiger partial charge in [0.15, 0.2) is 0 Å². The summed E-state index contributed by atoms with van der Waals surface area (Å²) in [5.74, 6) is 1.25. The second kappa shape index (κ2) is 16.8. The number of hydrogen-bond acceptors (Lipinski definition) is 4. The van der Waals surface area contributed by atoms with Gasteiger partial charge < -0.3 is 9.30 Å². The van der Waals surface area contributed by atoms with E-state index in [0.29, 0.717) is 18.0 Å². The fourth-order valence-electron chi connectivity index (χ4n) is 6.83. The number of nitrogens with zero attached hydrogens (tertiary/aromatic N) is 3. The van der Waals surface area contributed by atoms with Gasteiger partial charge >= 0.3 is 0 Å². The van der Waals surface area contributed by atoms with Gasteiger partial charge in [-0.2, -0.15) is 0 Å². The van der Waals surface area contributed by atoms with Crippen molar-refractivity contribution in [3.63, 3.8) is 0 Å². The van der Waals surface area contributed by atoms with E-state index in [9.17, 15) is 0 Å². The molecule has 51 heavy (non-hydrogen) atoms. The van der Waals surface area contributed by atoms with Crippen LogP contribution < -0.4 is 0 Å². The molecular weight excluding hydrogens is 666 g/mol. The summed E-state index contributed by atoms with van der Waals surface area (Å²) in [7, 11) is 0. The lowest BCUT2D eigenvalue weighted by atomic mass is 9.99. The zero-order valence-corrected chi connectivity index (χ0v) is 32.3. The van der Waals surface area contributed by atoms with Crippen molar-refractivity contribution in [3.8, 4) is 5.69 Å². The minimum atomic E-state index is 0.0816. The SMILES string of the molecule is C=CC1=C(CC)OC(=N/CCl)/C1=C(\N=C)c1ccc(-n2c3ccccc3c3c4ccccc4c4c5ccccc5sc4c32)cc1.CC.CC.CC. The standard InChI is InChI=1S/C39H28ClN3OS.3C2H6/c1-4-25-31(5-2)44-39(42-22-40)35(25)36(41-3)23-18-20-24(21-19-23)43-30-16-10-8-14-28(30)33-26-12-6-7-13-27(26)34-29-15-9-11-17-32(29)45-38(34)37(33)43;3*1-2/h4,6-21H,1,3,5,22H2,2H3;3*1-2H3/b36-35-,42-39+;;;. The van der Waals surface area contributed by atoms with Gasteiger partial charge in [-0.3, -0.25) is 4.99 Å². The molecule has 0 aliphatic carbocycles. The van der Waals surface area contributed by atoms with E-state index in [2.05, 4.69) is 125 Å². The van der Waals surface area contributed by atoms with Gasteiger partial charge in [0.1, 0.15) is 11.8 Å². The topological polar surface area (TPSA) is 38.9 Å². The molecule has 0 fully saturated rings. The van der Waals surface area contributed by atoms with Crippen LogP contribution in [0.4, 0.5) is 0 Å². The fourth-order valence-corrected chi connectivity index (χ4v) is 8.19. The molecular formula is C45H46ClN3OS. The summed E-state index contributed by atoms with van der Waals surface area (Å²) >= 11 is 7.88. The maximum absolute atomic E-state index is 6.08. The van der Waals surface area contributed by atoms with Crippen LogP contribution >= 0.6 is 22.9 Å². The second-order valence-electron chi connectivity index (χ2n) is 10.9. The molecule has 0 saturated heterocycles. The molecule has 260 valence electrons. The van der Waals surface area contributed by atoms with Gasteiger partial charge in [-0.15, -0.1) is 22.9 Å². The monoisotopic (exact) mass is 711 g/mol. The predicted octanol–water partition coefficient (Wildman–Crippen LogP) is 14.3. The molecule has 1 aliphatic rings. The van der Waals surface area contributed by atoms with Crippen LogP contribution in [0.15, 0.2) is 137 Å². The molecule has 0 radical (unpaired) electrons. The Morgan fingerprint density at radius 3 is 1.98 bits per heavy atom. The Bertz CT molecular complexity index is 2460. The first-order valence-corrected chi connectivity index (χ1v) is 19.2. The van der Waals surface area contributed by atoms with Gasteiger partial charge in [0.25, 0.3) is 0 Å². The van der Waals surface area contributed by atoms with Crippen LogP contribution in [-0.2, 0) is 4.74 Å². The van der Waals surface area contributed by atoms with Gasteiger partial charge in [-0.25, -0.2) is 4.99 Å². The first-order valence-electron chi connectivity index (χ1n) is 17.9. The van der Waals surface area contributed by atoms with Crippen LogP contribution in [0.1, 0.15) is 60.5 Å². The number of para-hydroxylation sites is 1. The number of halogens is 1. The van der Waals surface area contributed by atoms with Crippen LogP contribution in [0.5, 0.6) is 0 Å². The zero-order chi connectivity index (χ0) is 36.7. The van der Waals surface area contributed by atoms with Crippen LogP contribution in [0.3, 0.4) is 0 Å². The Hall–Kier alpha value is -4.97. The first-order chi connectivity index (χ1) is 25.2. The molecule has 0 amide bonds. The number of alkyl halides is 1. The van der Waals surface area contributed by atoms with E-state index in [-0.39, 0.29) is 6.00 Å². The molecule has 0 spiro atoms. The summed E-state index contributed by atoms with van der Waals surface area (Å²) in [5.41, 5.74) is 6.69. The fraction of sp³-hybridized carbons (Fsp3) is 0.200. The Morgan fingerprint density at radius 1 is 0.784 bits per heavy atom. The minimum absolute atomic E-state index is 0.0816. The minimum Gasteiger partial charge on any atom is -0.442 e. The smallest absolute Gasteiger partial charge is 0.225 e. The molecule has 8 rings (SSSR count). The number of allylic oxidation sites excluding steroid dienone is 2. The summed E-state index contributed by atoms with van der Waals surface area (Å²) in [6.45, 7) is 22.0. The Balaban J connectivity index is 0.000000800. The third-order valence-corrected chi connectivity index (χ3v) is 9.97. The number of rotatable bonds is 6. The molecule has 7 aromatic rings.